The van der Waals surface area contributed by atoms with Gasteiger partial charge in [-0.05, 0) is 36.4 Å². The van der Waals surface area contributed by atoms with E-state index in [4.69, 9.17) is 16.3 Å². The van der Waals surface area contributed by atoms with Crippen LogP contribution in [0.3, 0.4) is 0 Å². The Balaban J connectivity index is 1.61. The number of piperazine rings is 1. The minimum absolute atomic E-state index is 0.125. The number of benzene rings is 2. The Morgan fingerprint density at radius 1 is 1.16 bits per heavy atom. The smallest absolute Gasteiger partial charge is 0.254 e. The summed E-state index contributed by atoms with van der Waals surface area (Å²) in [5.41, 5.74) is 1.42. The molecule has 0 N–H and O–H groups in total. The van der Waals surface area contributed by atoms with Crippen molar-refractivity contribution in [2.75, 3.05) is 33.3 Å². The summed E-state index contributed by atoms with van der Waals surface area (Å²) in [6.07, 6.45) is 0. The molecule has 1 aliphatic rings. The maximum absolute atomic E-state index is 13.3. The van der Waals surface area contributed by atoms with Gasteiger partial charge in [-0.1, -0.05) is 17.7 Å². The first kappa shape index (κ1) is 17.7. The maximum atomic E-state index is 13.3. The third-order valence-electron chi connectivity index (χ3n) is 4.37. The van der Waals surface area contributed by atoms with Gasteiger partial charge in [-0.15, -0.1) is 0 Å². The summed E-state index contributed by atoms with van der Waals surface area (Å²) in [6.45, 7) is 3.43. The number of halogens is 2. The molecule has 0 unspecified atom stereocenters. The van der Waals surface area contributed by atoms with Crippen LogP contribution in [0, 0.1) is 5.82 Å². The number of hydrogen-bond acceptors (Lipinski definition) is 3. The van der Waals surface area contributed by atoms with Gasteiger partial charge in [0, 0.05) is 48.9 Å². The van der Waals surface area contributed by atoms with Gasteiger partial charge in [-0.25, -0.2) is 4.39 Å². The first-order chi connectivity index (χ1) is 12.1. The molecule has 2 aromatic carbocycles. The Hall–Kier alpha value is -2.11. The van der Waals surface area contributed by atoms with Gasteiger partial charge in [0.05, 0.1) is 7.11 Å². The number of nitrogens with zero attached hydrogens (tertiary/aromatic N) is 2. The van der Waals surface area contributed by atoms with Gasteiger partial charge in [0.2, 0.25) is 0 Å². The van der Waals surface area contributed by atoms with Crippen molar-refractivity contribution in [2.45, 2.75) is 6.54 Å². The fraction of sp³-hybridized carbons (Fsp3) is 0.316. The topological polar surface area (TPSA) is 32.8 Å². The second kappa shape index (κ2) is 7.85. The van der Waals surface area contributed by atoms with Crippen LogP contribution >= 0.6 is 11.6 Å². The average molecular weight is 363 g/mol. The zero-order chi connectivity index (χ0) is 17.8. The summed E-state index contributed by atoms with van der Waals surface area (Å²) >= 11 is 6.08. The second-order valence-corrected chi connectivity index (χ2v) is 6.47. The summed E-state index contributed by atoms with van der Waals surface area (Å²) in [5, 5.41) is 0.677. The molecule has 1 saturated heterocycles. The number of hydrogen-bond donors (Lipinski definition) is 0. The van der Waals surface area contributed by atoms with Crippen molar-refractivity contribution in [3.63, 3.8) is 0 Å². The molecule has 2 aromatic rings. The molecule has 0 spiro atoms. The number of rotatable bonds is 4. The van der Waals surface area contributed by atoms with E-state index in [9.17, 15) is 9.18 Å². The Morgan fingerprint density at radius 3 is 2.60 bits per heavy atom. The average Bonchev–Trinajstić information content (AvgIpc) is 2.62. The van der Waals surface area contributed by atoms with Gasteiger partial charge >= 0.3 is 0 Å². The van der Waals surface area contributed by atoms with Gasteiger partial charge in [-0.3, -0.25) is 9.69 Å². The zero-order valence-corrected chi connectivity index (χ0v) is 14.8. The lowest BCUT2D eigenvalue weighted by Crippen LogP contribution is -2.48. The van der Waals surface area contributed by atoms with E-state index in [2.05, 4.69) is 4.90 Å². The summed E-state index contributed by atoms with van der Waals surface area (Å²) in [4.78, 5) is 16.5. The van der Waals surface area contributed by atoms with E-state index < -0.39 is 5.82 Å². The zero-order valence-electron chi connectivity index (χ0n) is 14.0. The van der Waals surface area contributed by atoms with E-state index in [0.29, 0.717) is 30.2 Å². The molecule has 3 rings (SSSR count). The summed E-state index contributed by atoms with van der Waals surface area (Å²) < 4.78 is 18.7. The van der Waals surface area contributed by atoms with Crippen molar-refractivity contribution >= 4 is 17.5 Å². The van der Waals surface area contributed by atoms with Gasteiger partial charge < -0.3 is 9.64 Å². The van der Waals surface area contributed by atoms with Crippen molar-refractivity contribution in [3.05, 3.63) is 64.4 Å². The highest BCUT2D eigenvalue weighted by molar-refractivity contribution is 6.30. The molecule has 0 aliphatic carbocycles. The standard InChI is InChI=1S/C19H20ClFN2O2/c1-25-18-6-5-16(20)11-15(18)13-22-7-9-23(10-8-22)19(24)14-3-2-4-17(21)12-14/h2-6,11-12H,7-10,13H2,1H3. The first-order valence-corrected chi connectivity index (χ1v) is 8.54. The molecule has 1 aliphatic heterocycles. The molecule has 0 radical (unpaired) electrons. The largest absolute Gasteiger partial charge is 0.496 e. The molecule has 0 aromatic heterocycles. The predicted octanol–water partition coefficient (Wildman–Crippen LogP) is 3.45. The van der Waals surface area contributed by atoms with Crippen LogP contribution in [0.5, 0.6) is 5.75 Å². The number of ether oxygens (including phenoxy) is 1. The van der Waals surface area contributed by atoms with Gasteiger partial charge in [0.25, 0.3) is 5.91 Å². The van der Waals surface area contributed by atoms with Crippen LogP contribution in [0.15, 0.2) is 42.5 Å². The quantitative estimate of drug-likeness (QED) is 0.835. The molecule has 0 atom stereocenters. The lowest BCUT2D eigenvalue weighted by atomic mass is 10.1. The minimum atomic E-state index is -0.391. The second-order valence-electron chi connectivity index (χ2n) is 6.03. The summed E-state index contributed by atoms with van der Waals surface area (Å²) in [5.74, 6) is 0.291. The van der Waals surface area contributed by atoms with Crippen LogP contribution in [0.1, 0.15) is 15.9 Å². The van der Waals surface area contributed by atoms with Crippen molar-refractivity contribution in [1.29, 1.82) is 0 Å². The van der Waals surface area contributed by atoms with Crippen LogP contribution in [0.2, 0.25) is 5.02 Å². The minimum Gasteiger partial charge on any atom is -0.496 e. The SMILES string of the molecule is COc1ccc(Cl)cc1CN1CCN(C(=O)c2cccc(F)c2)CC1. The summed E-state index contributed by atoms with van der Waals surface area (Å²) in [7, 11) is 1.64. The molecule has 4 nitrogen and oxygen atoms in total. The molecule has 132 valence electrons. The van der Waals surface area contributed by atoms with Crippen molar-refractivity contribution in [3.8, 4) is 5.75 Å². The molecule has 0 bridgehead atoms. The highest BCUT2D eigenvalue weighted by Gasteiger charge is 2.23. The van der Waals surface area contributed by atoms with Crippen LogP contribution in [-0.4, -0.2) is 49.0 Å². The molecular formula is C19H20ClFN2O2. The van der Waals surface area contributed by atoms with Gasteiger partial charge in [0.15, 0.2) is 0 Å². The summed E-state index contributed by atoms with van der Waals surface area (Å²) in [6, 6.07) is 11.4. The molecule has 6 heteroatoms. The third kappa shape index (κ3) is 4.30. The van der Waals surface area contributed by atoms with Gasteiger partial charge in [-0.2, -0.15) is 0 Å². The van der Waals surface area contributed by atoms with E-state index in [1.807, 2.05) is 12.1 Å². The Morgan fingerprint density at radius 2 is 1.92 bits per heavy atom. The van der Waals surface area contributed by atoms with Crippen LogP contribution in [-0.2, 0) is 6.54 Å². The number of methoxy groups -OCH3 is 1. The van der Waals surface area contributed by atoms with E-state index in [1.165, 1.54) is 12.1 Å². The van der Waals surface area contributed by atoms with Crippen LogP contribution in [0.4, 0.5) is 4.39 Å². The van der Waals surface area contributed by atoms with E-state index >= 15 is 0 Å². The number of amides is 1. The molecular weight excluding hydrogens is 343 g/mol. The highest BCUT2D eigenvalue weighted by atomic mass is 35.5. The number of carbonyl (C=O) groups excluding carboxylic acids is 1. The van der Waals surface area contributed by atoms with Crippen LogP contribution in [0.25, 0.3) is 0 Å². The van der Waals surface area contributed by atoms with Gasteiger partial charge in [0.1, 0.15) is 11.6 Å². The third-order valence-corrected chi connectivity index (χ3v) is 4.60. The predicted molar refractivity (Wildman–Crippen MR) is 95.6 cm³/mol. The van der Waals surface area contributed by atoms with E-state index in [-0.39, 0.29) is 5.91 Å². The van der Waals surface area contributed by atoms with E-state index in [1.54, 1.807) is 30.2 Å². The molecule has 0 saturated carbocycles. The Bertz CT molecular complexity index is 761. The maximum Gasteiger partial charge on any atom is 0.254 e. The normalized spacial score (nSPS) is 15.2. The molecule has 1 amide bonds. The highest BCUT2D eigenvalue weighted by Crippen LogP contribution is 2.24. The Kier molecular flexibility index (Phi) is 5.56. The number of carbonyl (C=O) groups is 1. The van der Waals surface area contributed by atoms with Crippen molar-refractivity contribution in [2.24, 2.45) is 0 Å². The lowest BCUT2D eigenvalue weighted by Gasteiger charge is -2.35. The first-order valence-electron chi connectivity index (χ1n) is 8.16. The van der Waals surface area contributed by atoms with Crippen LogP contribution < -0.4 is 4.74 Å². The molecule has 1 fully saturated rings. The van der Waals surface area contributed by atoms with E-state index in [0.717, 1.165) is 24.4 Å². The molecule has 25 heavy (non-hydrogen) atoms. The van der Waals surface area contributed by atoms with Crippen molar-refractivity contribution in [1.82, 2.24) is 9.80 Å². The fourth-order valence-electron chi connectivity index (χ4n) is 3.02. The molecule has 1 heterocycles. The lowest BCUT2D eigenvalue weighted by molar-refractivity contribution is 0.0627. The monoisotopic (exact) mass is 362 g/mol. The fourth-order valence-corrected chi connectivity index (χ4v) is 3.22. The van der Waals surface area contributed by atoms with Crippen molar-refractivity contribution < 1.29 is 13.9 Å². The Labute approximate surface area is 151 Å².